The van der Waals surface area contributed by atoms with Crippen LogP contribution in [0.25, 0.3) is 5.69 Å². The number of nitrogens with zero attached hydrogens (tertiary/aromatic N) is 4. The third-order valence-corrected chi connectivity index (χ3v) is 6.00. The van der Waals surface area contributed by atoms with Crippen LogP contribution in [0.15, 0.2) is 36.5 Å². The number of carbonyl (C=O) groups excluding carboxylic acids is 1. The molecule has 1 aliphatic heterocycles. The summed E-state index contributed by atoms with van der Waals surface area (Å²) in [4.78, 5) is 14.1. The lowest BCUT2D eigenvalue weighted by Gasteiger charge is -2.30. The highest BCUT2D eigenvalue weighted by Gasteiger charge is 2.48. The minimum Gasteiger partial charge on any atom is -0.338 e. The van der Waals surface area contributed by atoms with E-state index in [2.05, 4.69) is 10.3 Å². The van der Waals surface area contributed by atoms with Gasteiger partial charge >= 0.3 is 0 Å². The zero-order valence-electron chi connectivity index (χ0n) is 14.2. The van der Waals surface area contributed by atoms with Crippen LogP contribution in [0.4, 0.5) is 0 Å². The van der Waals surface area contributed by atoms with E-state index in [0.29, 0.717) is 6.54 Å². The molecule has 0 spiro atoms. The topological polar surface area (TPSA) is 111 Å². The Bertz CT molecular complexity index is 911. The Labute approximate surface area is 152 Å². The van der Waals surface area contributed by atoms with Gasteiger partial charge in [0, 0.05) is 18.5 Å². The number of benzene rings is 1. The van der Waals surface area contributed by atoms with E-state index in [1.54, 1.807) is 9.58 Å². The summed E-state index contributed by atoms with van der Waals surface area (Å²) in [7, 11) is -3.83. The second-order valence-electron chi connectivity index (χ2n) is 7.06. The first-order chi connectivity index (χ1) is 12.4. The molecule has 4 rings (SSSR count). The second-order valence-corrected chi connectivity index (χ2v) is 8.68. The molecule has 3 atom stereocenters. The second kappa shape index (κ2) is 6.48. The minimum atomic E-state index is -3.83. The number of aromatic nitrogens is 3. The van der Waals surface area contributed by atoms with Crippen LogP contribution in [0.1, 0.15) is 30.9 Å². The van der Waals surface area contributed by atoms with E-state index in [1.807, 2.05) is 36.5 Å². The van der Waals surface area contributed by atoms with Gasteiger partial charge in [-0.1, -0.05) is 29.8 Å². The van der Waals surface area contributed by atoms with E-state index in [-0.39, 0.29) is 17.9 Å². The van der Waals surface area contributed by atoms with Gasteiger partial charge in [0.2, 0.25) is 15.9 Å². The molecule has 2 aliphatic rings. The quantitative estimate of drug-likeness (QED) is 0.843. The molecule has 1 saturated carbocycles. The highest BCUT2D eigenvalue weighted by atomic mass is 32.2. The molecule has 8 nitrogen and oxygen atoms in total. The summed E-state index contributed by atoms with van der Waals surface area (Å²) in [6, 6.07) is 9.69. The number of fused-ring (bicyclic) bond motifs is 2. The van der Waals surface area contributed by atoms with Crippen LogP contribution >= 0.6 is 0 Å². The average molecular weight is 375 g/mol. The Hall–Kier alpha value is -2.26. The molecule has 26 heavy (non-hydrogen) atoms. The van der Waals surface area contributed by atoms with Gasteiger partial charge in [0.15, 0.2) is 0 Å². The fourth-order valence-electron chi connectivity index (χ4n) is 4.32. The average Bonchev–Trinajstić information content (AvgIpc) is 3.14. The van der Waals surface area contributed by atoms with Gasteiger partial charge in [-0.25, -0.2) is 18.2 Å². The van der Waals surface area contributed by atoms with E-state index < -0.39 is 21.7 Å². The van der Waals surface area contributed by atoms with Crippen LogP contribution < -0.4 is 5.14 Å². The Morgan fingerprint density at radius 1 is 1.23 bits per heavy atom. The van der Waals surface area contributed by atoms with Gasteiger partial charge in [-0.2, -0.15) is 0 Å². The standard InChI is InChI=1S/C17H21N5O3S/c18-26(24,25)11-16(23)21-9-12-5-4-8-15(21)17(12)14-10-22(20-19-14)13-6-2-1-3-7-13/h1-3,6-7,10,12,15,17H,4-5,8-9,11H2,(H2,18,24,25). The molecule has 1 aromatic heterocycles. The predicted octanol–water partition coefficient (Wildman–Crippen LogP) is 0.650. The maximum absolute atomic E-state index is 12.4. The number of amides is 1. The zero-order valence-corrected chi connectivity index (χ0v) is 15.0. The largest absolute Gasteiger partial charge is 0.338 e. The first-order valence-corrected chi connectivity index (χ1v) is 10.4. The van der Waals surface area contributed by atoms with Crippen LogP contribution in [0.5, 0.6) is 0 Å². The van der Waals surface area contributed by atoms with Crippen molar-refractivity contribution in [2.45, 2.75) is 31.2 Å². The van der Waals surface area contributed by atoms with E-state index in [0.717, 1.165) is 30.6 Å². The van der Waals surface area contributed by atoms with Crippen LogP contribution in [-0.4, -0.2) is 52.6 Å². The maximum Gasteiger partial charge on any atom is 0.239 e. The number of para-hydroxylation sites is 1. The highest BCUT2D eigenvalue weighted by molar-refractivity contribution is 7.89. The molecule has 138 valence electrons. The van der Waals surface area contributed by atoms with E-state index in [9.17, 15) is 13.2 Å². The van der Waals surface area contributed by atoms with Crippen molar-refractivity contribution in [3.05, 3.63) is 42.2 Å². The number of likely N-dealkylation sites (tertiary alicyclic amines) is 1. The number of sulfonamides is 1. The Morgan fingerprint density at radius 3 is 2.73 bits per heavy atom. The van der Waals surface area contributed by atoms with Gasteiger partial charge in [-0.15, -0.1) is 5.10 Å². The summed E-state index contributed by atoms with van der Waals surface area (Å²) in [5, 5.41) is 13.6. The molecule has 1 saturated heterocycles. The first kappa shape index (κ1) is 17.2. The summed E-state index contributed by atoms with van der Waals surface area (Å²) in [5.74, 6) is -0.688. The normalized spacial score (nSPS) is 25.4. The third kappa shape index (κ3) is 3.24. The number of primary sulfonamides is 1. The lowest BCUT2D eigenvalue weighted by molar-refractivity contribution is -0.129. The van der Waals surface area contributed by atoms with Crippen LogP contribution in [-0.2, 0) is 14.8 Å². The molecular weight excluding hydrogens is 354 g/mol. The monoisotopic (exact) mass is 375 g/mol. The molecule has 2 bridgehead atoms. The van der Waals surface area contributed by atoms with Crippen molar-refractivity contribution in [2.24, 2.45) is 11.1 Å². The van der Waals surface area contributed by atoms with Crippen LogP contribution in [0.3, 0.4) is 0 Å². The SMILES string of the molecule is NS(=O)(=O)CC(=O)N1CC2CCCC1C2c1cn(-c2ccccc2)nn1. The lowest BCUT2D eigenvalue weighted by atomic mass is 9.78. The fraction of sp³-hybridized carbons (Fsp3) is 0.471. The van der Waals surface area contributed by atoms with Gasteiger partial charge in [0.25, 0.3) is 0 Å². The van der Waals surface area contributed by atoms with Crippen molar-refractivity contribution >= 4 is 15.9 Å². The molecule has 1 aromatic carbocycles. The smallest absolute Gasteiger partial charge is 0.239 e. The van der Waals surface area contributed by atoms with Crippen molar-refractivity contribution in [2.75, 3.05) is 12.3 Å². The summed E-state index contributed by atoms with van der Waals surface area (Å²) in [6.07, 6.45) is 4.78. The number of hydrogen-bond acceptors (Lipinski definition) is 5. The molecule has 2 aromatic rings. The maximum atomic E-state index is 12.4. The van der Waals surface area contributed by atoms with E-state index >= 15 is 0 Å². The summed E-state index contributed by atoms with van der Waals surface area (Å²) in [6.45, 7) is 0.557. The van der Waals surface area contributed by atoms with Crippen molar-refractivity contribution in [3.63, 3.8) is 0 Å². The number of hydrogen-bond donors (Lipinski definition) is 1. The van der Waals surface area contributed by atoms with E-state index in [4.69, 9.17) is 5.14 Å². The van der Waals surface area contributed by atoms with Gasteiger partial charge < -0.3 is 4.90 Å². The van der Waals surface area contributed by atoms with Gasteiger partial charge in [0.1, 0.15) is 5.75 Å². The molecule has 0 radical (unpaired) electrons. The molecule has 1 amide bonds. The number of nitrogens with two attached hydrogens (primary N) is 1. The highest BCUT2D eigenvalue weighted by Crippen LogP contribution is 2.45. The van der Waals surface area contributed by atoms with Gasteiger partial charge in [0.05, 0.1) is 17.6 Å². The zero-order chi connectivity index (χ0) is 18.3. The molecule has 2 fully saturated rings. The van der Waals surface area contributed by atoms with Gasteiger partial charge in [-0.3, -0.25) is 4.79 Å². The lowest BCUT2D eigenvalue weighted by Crippen LogP contribution is -2.41. The molecule has 3 unspecified atom stereocenters. The molecule has 1 aliphatic carbocycles. The van der Waals surface area contributed by atoms with E-state index in [1.165, 1.54) is 0 Å². The fourth-order valence-corrected chi connectivity index (χ4v) is 4.83. The van der Waals surface area contributed by atoms with Crippen LogP contribution in [0, 0.1) is 5.92 Å². The Balaban J connectivity index is 1.59. The predicted molar refractivity (Wildman–Crippen MR) is 94.9 cm³/mol. The molecular formula is C17H21N5O3S. The third-order valence-electron chi connectivity index (χ3n) is 5.35. The Kier molecular flexibility index (Phi) is 4.28. The molecule has 2 N–H and O–H groups in total. The van der Waals surface area contributed by atoms with Crippen molar-refractivity contribution < 1.29 is 13.2 Å². The van der Waals surface area contributed by atoms with Crippen LogP contribution in [0.2, 0.25) is 0 Å². The Morgan fingerprint density at radius 2 is 2.00 bits per heavy atom. The number of carbonyl (C=O) groups is 1. The van der Waals surface area contributed by atoms with Gasteiger partial charge in [-0.05, 0) is 30.9 Å². The summed E-state index contributed by atoms with van der Waals surface area (Å²) in [5.41, 5.74) is 1.78. The summed E-state index contributed by atoms with van der Waals surface area (Å²) < 4.78 is 24.3. The van der Waals surface area contributed by atoms with Crippen molar-refractivity contribution in [1.29, 1.82) is 0 Å². The molecule has 9 heteroatoms. The molecule has 2 heterocycles. The van der Waals surface area contributed by atoms with Crippen molar-refractivity contribution in [3.8, 4) is 5.69 Å². The first-order valence-electron chi connectivity index (χ1n) is 8.70. The number of rotatable bonds is 4. The minimum absolute atomic E-state index is 0.0380. The van der Waals surface area contributed by atoms with Crippen molar-refractivity contribution in [1.82, 2.24) is 19.9 Å². The summed E-state index contributed by atoms with van der Waals surface area (Å²) >= 11 is 0.